The molecule has 0 spiro atoms. The molecule has 0 bridgehead atoms. The Balaban J connectivity index is 1.69. The van der Waals surface area contributed by atoms with E-state index in [4.69, 9.17) is 0 Å². The molecule has 0 aliphatic rings. The zero-order valence-electron chi connectivity index (χ0n) is 13.0. The number of amides is 2. The third-order valence-electron chi connectivity index (χ3n) is 3.35. The minimum absolute atomic E-state index is 0.129. The number of hydrogen-bond donors (Lipinski definition) is 2. The van der Waals surface area contributed by atoms with E-state index in [1.807, 2.05) is 22.9 Å². The maximum Gasteiger partial charge on any atom is 0.315 e. The van der Waals surface area contributed by atoms with E-state index in [2.05, 4.69) is 27.5 Å². The van der Waals surface area contributed by atoms with Crippen molar-refractivity contribution >= 4 is 6.03 Å². The van der Waals surface area contributed by atoms with Crippen LogP contribution >= 0.6 is 0 Å². The number of unbranched alkanes of at least 4 members (excludes halogenated alkanes) is 3. The van der Waals surface area contributed by atoms with E-state index in [1.54, 1.807) is 18.7 Å². The molecule has 0 unspecified atom stereocenters. The molecule has 2 heterocycles. The molecule has 2 rings (SSSR count). The Morgan fingerprint density at radius 2 is 2.14 bits per heavy atom. The zero-order valence-corrected chi connectivity index (χ0v) is 13.0. The second-order valence-corrected chi connectivity index (χ2v) is 5.16. The minimum atomic E-state index is -0.129. The van der Waals surface area contributed by atoms with Crippen molar-refractivity contribution in [2.24, 2.45) is 0 Å². The van der Waals surface area contributed by atoms with Crippen molar-refractivity contribution in [1.82, 2.24) is 25.2 Å². The number of aromatic nitrogens is 3. The van der Waals surface area contributed by atoms with Gasteiger partial charge in [0, 0.05) is 31.7 Å². The molecule has 0 aromatic carbocycles. The largest absolute Gasteiger partial charge is 0.338 e. The number of pyridine rings is 1. The molecule has 22 heavy (non-hydrogen) atoms. The van der Waals surface area contributed by atoms with Gasteiger partial charge in [-0.2, -0.15) is 0 Å². The summed E-state index contributed by atoms with van der Waals surface area (Å²) in [6.07, 6.45) is 11.6. The number of carbonyl (C=O) groups excluding carboxylic acids is 1. The first-order chi connectivity index (χ1) is 10.8. The van der Waals surface area contributed by atoms with Gasteiger partial charge in [0.25, 0.3) is 0 Å². The second-order valence-electron chi connectivity index (χ2n) is 5.16. The summed E-state index contributed by atoms with van der Waals surface area (Å²) in [5.41, 5.74) is 0.963. The first-order valence-corrected chi connectivity index (χ1v) is 7.74. The molecule has 0 fully saturated rings. The third kappa shape index (κ3) is 5.20. The molecule has 2 aromatic heterocycles. The highest BCUT2D eigenvalue weighted by Gasteiger charge is 2.01. The van der Waals surface area contributed by atoms with Gasteiger partial charge >= 0.3 is 6.03 Å². The second kappa shape index (κ2) is 8.81. The predicted molar refractivity (Wildman–Crippen MR) is 85.7 cm³/mol. The van der Waals surface area contributed by atoms with E-state index >= 15 is 0 Å². The average molecular weight is 301 g/mol. The summed E-state index contributed by atoms with van der Waals surface area (Å²) in [5.74, 6) is 0.807. The van der Waals surface area contributed by atoms with Crippen LogP contribution in [0.2, 0.25) is 0 Å². The van der Waals surface area contributed by atoms with E-state index in [1.165, 1.54) is 12.8 Å². The Morgan fingerprint density at radius 1 is 1.23 bits per heavy atom. The molecule has 118 valence electrons. The fraction of sp³-hybridized carbons (Fsp3) is 0.438. The standard InChI is InChI=1S/C16H23N5O/c1-2-3-4-5-8-18-16(22)20-12-14-6-7-15(19-11-14)21-10-9-17-13-21/h6-7,9-11,13H,2-5,8,12H2,1H3,(H2,18,20,22). The van der Waals surface area contributed by atoms with Crippen molar-refractivity contribution in [3.63, 3.8) is 0 Å². The molecule has 0 atom stereocenters. The smallest absolute Gasteiger partial charge is 0.315 e. The molecule has 6 nitrogen and oxygen atoms in total. The van der Waals surface area contributed by atoms with Crippen LogP contribution in [-0.4, -0.2) is 27.1 Å². The fourth-order valence-corrected chi connectivity index (χ4v) is 2.07. The molecule has 6 heteroatoms. The molecule has 0 radical (unpaired) electrons. The normalized spacial score (nSPS) is 10.4. The van der Waals surface area contributed by atoms with E-state index in [0.29, 0.717) is 6.54 Å². The van der Waals surface area contributed by atoms with Crippen molar-refractivity contribution in [1.29, 1.82) is 0 Å². The highest BCUT2D eigenvalue weighted by atomic mass is 16.2. The minimum Gasteiger partial charge on any atom is -0.338 e. The van der Waals surface area contributed by atoms with Crippen LogP contribution in [0.25, 0.3) is 5.82 Å². The lowest BCUT2D eigenvalue weighted by Gasteiger charge is -2.08. The van der Waals surface area contributed by atoms with Crippen molar-refractivity contribution in [2.75, 3.05) is 6.54 Å². The molecule has 0 aliphatic heterocycles. The highest BCUT2D eigenvalue weighted by molar-refractivity contribution is 5.73. The van der Waals surface area contributed by atoms with Crippen LogP contribution in [0.4, 0.5) is 4.79 Å². The molecule has 2 N–H and O–H groups in total. The maximum atomic E-state index is 11.6. The highest BCUT2D eigenvalue weighted by Crippen LogP contribution is 2.05. The van der Waals surface area contributed by atoms with Gasteiger partial charge in [-0.1, -0.05) is 32.3 Å². The van der Waals surface area contributed by atoms with Crippen LogP contribution < -0.4 is 10.6 Å². The van der Waals surface area contributed by atoms with E-state index in [0.717, 1.165) is 30.8 Å². The van der Waals surface area contributed by atoms with Gasteiger partial charge in [0.05, 0.1) is 0 Å². The molecular weight excluding hydrogens is 278 g/mol. The summed E-state index contributed by atoms with van der Waals surface area (Å²) in [7, 11) is 0. The van der Waals surface area contributed by atoms with E-state index < -0.39 is 0 Å². The molecule has 0 saturated heterocycles. The van der Waals surface area contributed by atoms with Crippen molar-refractivity contribution in [2.45, 2.75) is 39.2 Å². The van der Waals surface area contributed by atoms with Gasteiger partial charge in [-0.3, -0.25) is 4.57 Å². The summed E-state index contributed by atoms with van der Waals surface area (Å²) < 4.78 is 1.83. The number of imidazole rings is 1. The van der Waals surface area contributed by atoms with Crippen LogP contribution in [-0.2, 0) is 6.54 Å². The lowest BCUT2D eigenvalue weighted by molar-refractivity contribution is 0.240. The summed E-state index contributed by atoms with van der Waals surface area (Å²) in [6, 6.07) is 3.72. The lowest BCUT2D eigenvalue weighted by atomic mass is 10.2. The molecule has 2 aromatic rings. The van der Waals surface area contributed by atoms with Crippen molar-refractivity contribution in [3.05, 3.63) is 42.6 Å². The van der Waals surface area contributed by atoms with Crippen LogP contribution in [0, 0.1) is 0 Å². The Bertz CT molecular complexity index is 550. The molecular formula is C16H23N5O. The Morgan fingerprint density at radius 3 is 2.82 bits per heavy atom. The third-order valence-corrected chi connectivity index (χ3v) is 3.35. The van der Waals surface area contributed by atoms with Gasteiger partial charge in [-0.25, -0.2) is 14.8 Å². The maximum absolute atomic E-state index is 11.6. The van der Waals surface area contributed by atoms with Gasteiger partial charge in [0.1, 0.15) is 12.1 Å². The van der Waals surface area contributed by atoms with Crippen LogP contribution in [0.15, 0.2) is 37.1 Å². The van der Waals surface area contributed by atoms with Gasteiger partial charge in [0.2, 0.25) is 0 Å². The van der Waals surface area contributed by atoms with Crippen LogP contribution in [0.3, 0.4) is 0 Å². The molecule has 0 saturated carbocycles. The summed E-state index contributed by atoms with van der Waals surface area (Å²) in [5, 5.41) is 5.70. The quantitative estimate of drug-likeness (QED) is 0.736. The number of hydrogen-bond acceptors (Lipinski definition) is 3. The van der Waals surface area contributed by atoms with Crippen molar-refractivity contribution < 1.29 is 4.79 Å². The zero-order chi connectivity index (χ0) is 15.6. The van der Waals surface area contributed by atoms with Gasteiger partial charge in [-0.15, -0.1) is 0 Å². The van der Waals surface area contributed by atoms with Crippen LogP contribution in [0.1, 0.15) is 38.2 Å². The summed E-state index contributed by atoms with van der Waals surface area (Å²) in [4.78, 5) is 20.0. The monoisotopic (exact) mass is 301 g/mol. The first kappa shape index (κ1) is 16.0. The van der Waals surface area contributed by atoms with E-state index in [9.17, 15) is 4.79 Å². The predicted octanol–water partition coefficient (Wildman–Crippen LogP) is 2.65. The van der Waals surface area contributed by atoms with Crippen molar-refractivity contribution in [3.8, 4) is 5.82 Å². The molecule has 2 amide bonds. The Labute approximate surface area is 131 Å². The fourth-order valence-electron chi connectivity index (χ4n) is 2.07. The number of nitrogens with one attached hydrogen (secondary N) is 2. The van der Waals surface area contributed by atoms with E-state index in [-0.39, 0.29) is 6.03 Å². The van der Waals surface area contributed by atoms with Gasteiger partial charge in [-0.05, 0) is 18.1 Å². The summed E-state index contributed by atoms with van der Waals surface area (Å²) in [6.45, 7) is 3.37. The number of nitrogens with zero attached hydrogens (tertiary/aromatic N) is 3. The Kier molecular flexibility index (Phi) is 6.41. The lowest BCUT2D eigenvalue weighted by Crippen LogP contribution is -2.35. The topological polar surface area (TPSA) is 71.8 Å². The SMILES string of the molecule is CCCCCCNC(=O)NCc1ccc(-n2ccnc2)nc1. The molecule has 0 aliphatic carbocycles. The summed E-state index contributed by atoms with van der Waals surface area (Å²) >= 11 is 0. The van der Waals surface area contributed by atoms with Crippen LogP contribution in [0.5, 0.6) is 0 Å². The average Bonchev–Trinajstić information content (AvgIpc) is 3.08. The number of carbonyl (C=O) groups is 1. The Hall–Kier alpha value is -2.37. The first-order valence-electron chi connectivity index (χ1n) is 7.74. The number of urea groups is 1. The number of rotatable bonds is 8. The van der Waals surface area contributed by atoms with Gasteiger partial charge in [0.15, 0.2) is 0 Å². The van der Waals surface area contributed by atoms with Gasteiger partial charge < -0.3 is 10.6 Å².